The molecule has 3 heterocycles. The lowest BCUT2D eigenvalue weighted by molar-refractivity contribution is 0.0934. The number of aryl methyl sites for hydroxylation is 1. The van der Waals surface area contributed by atoms with Gasteiger partial charge < -0.3 is 14.6 Å². The first-order chi connectivity index (χ1) is 15.6. The van der Waals surface area contributed by atoms with E-state index in [1.807, 2.05) is 31.2 Å². The second-order valence-corrected chi connectivity index (χ2v) is 8.78. The summed E-state index contributed by atoms with van der Waals surface area (Å²) in [7, 11) is 1.67. The number of carbonyl (C=O) groups excluding carboxylic acids is 1. The molecule has 1 aromatic carbocycles. The first-order valence-corrected chi connectivity index (χ1v) is 11.8. The topological polar surface area (TPSA) is 80.5 Å². The largest absolute Gasteiger partial charge is 0.497 e. The van der Waals surface area contributed by atoms with Crippen LogP contribution in [0, 0.1) is 6.92 Å². The Hall–Kier alpha value is -2.84. The van der Waals surface area contributed by atoms with Crippen LogP contribution in [0.2, 0.25) is 0 Å². The lowest BCUT2D eigenvalue weighted by atomic mass is 10.0. The summed E-state index contributed by atoms with van der Waals surface area (Å²) < 4.78 is 10.4. The van der Waals surface area contributed by atoms with E-state index >= 15 is 0 Å². The maximum absolute atomic E-state index is 13.1. The molecule has 8 heteroatoms. The number of aromatic nitrogens is 2. The zero-order valence-electron chi connectivity index (χ0n) is 18.4. The molecule has 0 spiro atoms. The van der Waals surface area contributed by atoms with Gasteiger partial charge in [-0.3, -0.25) is 9.69 Å². The van der Waals surface area contributed by atoms with Gasteiger partial charge in [-0.1, -0.05) is 29.1 Å². The first kappa shape index (κ1) is 22.4. The fraction of sp³-hybridized carbons (Fsp3) is 0.375. The SMILES string of the molecule is COc1ccc([C@@H](CNC(=O)c2cccnc2SCc2cc(C)on2)N2CCCC2)cc1. The van der Waals surface area contributed by atoms with Crippen LogP contribution in [0.1, 0.15) is 46.3 Å². The van der Waals surface area contributed by atoms with Crippen molar-refractivity contribution >= 4 is 17.7 Å². The molecular formula is C24H28N4O3S. The molecule has 0 bridgehead atoms. The minimum Gasteiger partial charge on any atom is -0.497 e. The highest BCUT2D eigenvalue weighted by molar-refractivity contribution is 7.98. The van der Waals surface area contributed by atoms with Crippen LogP contribution in [-0.4, -0.2) is 47.7 Å². The molecular weight excluding hydrogens is 424 g/mol. The number of hydrogen-bond acceptors (Lipinski definition) is 7. The number of thioether (sulfide) groups is 1. The van der Waals surface area contributed by atoms with Gasteiger partial charge in [0, 0.05) is 24.6 Å². The quantitative estimate of drug-likeness (QED) is 0.486. The van der Waals surface area contributed by atoms with Gasteiger partial charge in [0.25, 0.3) is 5.91 Å². The van der Waals surface area contributed by atoms with Crippen molar-refractivity contribution in [3.05, 3.63) is 71.2 Å². The number of rotatable bonds is 9. The van der Waals surface area contributed by atoms with Crippen LogP contribution in [0.5, 0.6) is 5.75 Å². The van der Waals surface area contributed by atoms with Crippen LogP contribution in [0.3, 0.4) is 0 Å². The van der Waals surface area contributed by atoms with Crippen molar-refractivity contribution in [3.8, 4) is 5.75 Å². The van der Waals surface area contributed by atoms with Gasteiger partial charge in [0.1, 0.15) is 16.5 Å². The van der Waals surface area contributed by atoms with Crippen molar-refractivity contribution in [2.45, 2.75) is 36.6 Å². The maximum Gasteiger partial charge on any atom is 0.254 e. The first-order valence-electron chi connectivity index (χ1n) is 10.8. The minimum atomic E-state index is -0.116. The van der Waals surface area contributed by atoms with Crippen molar-refractivity contribution in [1.29, 1.82) is 0 Å². The highest BCUT2D eigenvalue weighted by Crippen LogP contribution is 2.27. The lowest BCUT2D eigenvalue weighted by Crippen LogP contribution is -2.37. The van der Waals surface area contributed by atoms with Gasteiger partial charge in [-0.05, 0) is 62.7 Å². The number of methoxy groups -OCH3 is 1. The molecule has 32 heavy (non-hydrogen) atoms. The van der Waals surface area contributed by atoms with Gasteiger partial charge in [-0.2, -0.15) is 0 Å². The molecule has 1 aliphatic heterocycles. The van der Waals surface area contributed by atoms with Crippen molar-refractivity contribution in [2.75, 3.05) is 26.7 Å². The van der Waals surface area contributed by atoms with Gasteiger partial charge in [-0.25, -0.2) is 4.98 Å². The number of amides is 1. The number of benzene rings is 1. The molecule has 3 aromatic rings. The van der Waals surface area contributed by atoms with Crippen molar-refractivity contribution in [1.82, 2.24) is 20.4 Å². The Balaban J connectivity index is 1.44. The lowest BCUT2D eigenvalue weighted by Gasteiger charge is -2.28. The van der Waals surface area contributed by atoms with Gasteiger partial charge in [0.15, 0.2) is 0 Å². The minimum absolute atomic E-state index is 0.116. The standard InChI is InChI=1S/C24H28N4O3S/c1-17-14-19(27-31-17)16-32-24-21(6-5-11-25-24)23(29)26-15-22(28-12-3-4-13-28)18-7-9-20(30-2)10-8-18/h5-11,14,22H,3-4,12-13,15-16H2,1-2H3,(H,26,29)/t22-/m1/s1. The van der Waals surface area contributed by atoms with Crippen LogP contribution in [0.4, 0.5) is 0 Å². The monoisotopic (exact) mass is 452 g/mol. The van der Waals surface area contributed by atoms with Crippen LogP contribution in [-0.2, 0) is 5.75 Å². The third kappa shape index (κ3) is 5.49. The fourth-order valence-corrected chi connectivity index (χ4v) is 4.80. The summed E-state index contributed by atoms with van der Waals surface area (Å²) >= 11 is 1.48. The van der Waals surface area contributed by atoms with Gasteiger partial charge in [0.05, 0.1) is 24.4 Å². The third-order valence-electron chi connectivity index (χ3n) is 5.59. The number of pyridine rings is 1. The van der Waals surface area contributed by atoms with E-state index in [9.17, 15) is 4.79 Å². The number of hydrogen-bond donors (Lipinski definition) is 1. The fourth-order valence-electron chi connectivity index (χ4n) is 3.93. The summed E-state index contributed by atoms with van der Waals surface area (Å²) in [5, 5.41) is 7.85. The Morgan fingerprint density at radius 1 is 1.25 bits per heavy atom. The average Bonchev–Trinajstić information content (AvgIpc) is 3.50. The summed E-state index contributed by atoms with van der Waals surface area (Å²) in [6.45, 7) is 4.47. The number of nitrogens with one attached hydrogen (secondary N) is 1. The van der Waals surface area contributed by atoms with Gasteiger partial charge in [-0.15, -0.1) is 0 Å². The van der Waals surface area contributed by atoms with E-state index < -0.39 is 0 Å². The molecule has 1 atom stereocenters. The summed E-state index contributed by atoms with van der Waals surface area (Å²) in [5.41, 5.74) is 2.58. The Bertz CT molecular complexity index is 1030. The summed E-state index contributed by atoms with van der Waals surface area (Å²) in [4.78, 5) is 20.0. The third-order valence-corrected chi connectivity index (χ3v) is 6.63. The molecule has 0 saturated carbocycles. The smallest absolute Gasteiger partial charge is 0.254 e. The molecule has 2 aromatic heterocycles. The number of carbonyl (C=O) groups is 1. The van der Waals surface area contributed by atoms with E-state index in [2.05, 4.69) is 32.5 Å². The maximum atomic E-state index is 13.1. The number of ether oxygens (including phenoxy) is 1. The van der Waals surface area contributed by atoms with E-state index in [-0.39, 0.29) is 11.9 Å². The predicted molar refractivity (Wildman–Crippen MR) is 124 cm³/mol. The van der Waals surface area contributed by atoms with E-state index in [1.165, 1.54) is 30.2 Å². The van der Waals surface area contributed by atoms with Crippen LogP contribution >= 0.6 is 11.8 Å². The zero-order valence-corrected chi connectivity index (χ0v) is 19.2. The van der Waals surface area contributed by atoms with Crippen molar-refractivity contribution in [2.24, 2.45) is 0 Å². The number of nitrogens with zero attached hydrogens (tertiary/aromatic N) is 3. The molecule has 1 fully saturated rings. The van der Waals surface area contributed by atoms with Crippen molar-refractivity contribution in [3.63, 3.8) is 0 Å². The molecule has 0 unspecified atom stereocenters. The van der Waals surface area contributed by atoms with E-state index in [0.717, 1.165) is 30.3 Å². The molecule has 1 aliphatic rings. The molecule has 1 N–H and O–H groups in total. The zero-order chi connectivity index (χ0) is 22.3. The average molecular weight is 453 g/mol. The van der Waals surface area contributed by atoms with Gasteiger partial charge >= 0.3 is 0 Å². The van der Waals surface area contributed by atoms with E-state index in [1.54, 1.807) is 19.4 Å². The van der Waals surface area contributed by atoms with Crippen LogP contribution in [0.25, 0.3) is 0 Å². The highest BCUT2D eigenvalue weighted by Gasteiger charge is 2.25. The Morgan fingerprint density at radius 2 is 2.03 bits per heavy atom. The molecule has 1 amide bonds. The summed E-state index contributed by atoms with van der Waals surface area (Å²) in [6.07, 6.45) is 4.08. The van der Waals surface area contributed by atoms with E-state index in [0.29, 0.717) is 22.9 Å². The molecule has 168 valence electrons. The predicted octanol–water partition coefficient (Wildman–Crippen LogP) is 4.25. The summed E-state index contributed by atoms with van der Waals surface area (Å²) in [5.74, 6) is 2.08. The van der Waals surface area contributed by atoms with Crippen LogP contribution in [0.15, 0.2) is 58.2 Å². The molecule has 7 nitrogen and oxygen atoms in total. The molecule has 4 rings (SSSR count). The normalized spacial score (nSPS) is 14.9. The second kappa shape index (κ2) is 10.7. The van der Waals surface area contributed by atoms with E-state index in [4.69, 9.17) is 9.26 Å². The molecule has 1 saturated heterocycles. The second-order valence-electron chi connectivity index (χ2n) is 7.82. The van der Waals surface area contributed by atoms with Crippen molar-refractivity contribution < 1.29 is 14.1 Å². The molecule has 0 aliphatic carbocycles. The molecule has 0 radical (unpaired) electrons. The Morgan fingerprint density at radius 3 is 2.72 bits per heavy atom. The Labute approximate surface area is 192 Å². The number of likely N-dealkylation sites (tertiary alicyclic amines) is 1. The summed E-state index contributed by atoms with van der Waals surface area (Å²) in [6, 6.07) is 13.7. The van der Waals surface area contributed by atoms with Crippen LogP contribution < -0.4 is 10.1 Å². The highest BCUT2D eigenvalue weighted by atomic mass is 32.2. The van der Waals surface area contributed by atoms with Gasteiger partial charge in [0.2, 0.25) is 0 Å². The Kier molecular flexibility index (Phi) is 7.44.